The van der Waals surface area contributed by atoms with E-state index in [2.05, 4.69) is 31.3 Å². The zero-order chi connectivity index (χ0) is 32.2. The van der Waals surface area contributed by atoms with Gasteiger partial charge in [0.1, 0.15) is 0 Å². The molecular formula is C40H79NO3. The van der Waals surface area contributed by atoms with Gasteiger partial charge in [-0.15, -0.1) is 0 Å². The lowest BCUT2D eigenvalue weighted by Crippen LogP contribution is -2.45. The minimum atomic E-state index is -0.654. The Kier molecular flexibility index (Phi) is 35.9. The van der Waals surface area contributed by atoms with Crippen molar-refractivity contribution in [3.8, 4) is 0 Å². The van der Waals surface area contributed by atoms with E-state index in [1.165, 1.54) is 167 Å². The predicted molar refractivity (Wildman–Crippen MR) is 193 cm³/mol. The maximum absolute atomic E-state index is 12.3. The molecule has 0 aliphatic carbocycles. The lowest BCUT2D eigenvalue weighted by atomic mass is 10.0. The Labute approximate surface area is 276 Å². The third-order valence-corrected chi connectivity index (χ3v) is 9.28. The molecule has 0 aromatic rings. The van der Waals surface area contributed by atoms with E-state index in [4.69, 9.17) is 0 Å². The lowest BCUT2D eigenvalue weighted by Gasteiger charge is -2.22. The highest BCUT2D eigenvalue weighted by Crippen LogP contribution is 2.15. The Hall–Kier alpha value is -0.870. The smallest absolute Gasteiger partial charge is 0.220 e. The molecule has 0 aromatic carbocycles. The van der Waals surface area contributed by atoms with E-state index >= 15 is 0 Å². The molecule has 0 aliphatic heterocycles. The fourth-order valence-electron chi connectivity index (χ4n) is 6.18. The number of nitrogens with one attached hydrogen (secondary N) is 1. The van der Waals surface area contributed by atoms with Gasteiger partial charge in [0, 0.05) is 6.42 Å². The van der Waals surface area contributed by atoms with E-state index in [1.54, 1.807) is 0 Å². The summed E-state index contributed by atoms with van der Waals surface area (Å²) in [5.41, 5.74) is 0. The molecule has 0 saturated carbocycles. The van der Waals surface area contributed by atoms with Gasteiger partial charge < -0.3 is 15.5 Å². The van der Waals surface area contributed by atoms with Gasteiger partial charge in [-0.2, -0.15) is 0 Å². The van der Waals surface area contributed by atoms with E-state index in [0.717, 1.165) is 25.7 Å². The van der Waals surface area contributed by atoms with Gasteiger partial charge in [0.05, 0.1) is 18.8 Å². The van der Waals surface area contributed by atoms with Crippen molar-refractivity contribution >= 4 is 5.91 Å². The SMILES string of the molecule is CCCCCCCC/C=C/CCCCCCCCCCCCCC(=O)N[C@@H](CO)[C@H](O)CCCCCCCCCCCCC. The van der Waals surface area contributed by atoms with Gasteiger partial charge in [0.15, 0.2) is 0 Å². The Balaban J connectivity index is 3.49. The van der Waals surface area contributed by atoms with Crippen molar-refractivity contribution in [2.45, 2.75) is 231 Å². The number of aliphatic hydroxyl groups excluding tert-OH is 2. The molecule has 44 heavy (non-hydrogen) atoms. The quantitative estimate of drug-likeness (QED) is 0.0481. The number of aliphatic hydroxyl groups is 2. The predicted octanol–water partition coefficient (Wildman–Crippen LogP) is 11.9. The van der Waals surface area contributed by atoms with Gasteiger partial charge in [-0.3, -0.25) is 4.79 Å². The molecule has 0 unspecified atom stereocenters. The molecule has 0 fully saturated rings. The molecule has 2 atom stereocenters. The van der Waals surface area contributed by atoms with Crippen LogP contribution in [0.4, 0.5) is 0 Å². The summed E-state index contributed by atoms with van der Waals surface area (Å²) in [4.78, 5) is 12.3. The summed E-state index contributed by atoms with van der Waals surface area (Å²) in [5.74, 6) is -0.0321. The van der Waals surface area contributed by atoms with E-state index in [1.807, 2.05) is 0 Å². The highest BCUT2D eigenvalue weighted by Gasteiger charge is 2.19. The second-order valence-electron chi connectivity index (χ2n) is 13.7. The Morgan fingerprint density at radius 2 is 0.864 bits per heavy atom. The molecule has 0 bridgehead atoms. The summed E-state index contributed by atoms with van der Waals surface area (Å²) >= 11 is 0. The summed E-state index contributed by atoms with van der Waals surface area (Å²) in [6.45, 7) is 4.35. The summed E-state index contributed by atoms with van der Waals surface area (Å²) < 4.78 is 0. The molecule has 262 valence electrons. The van der Waals surface area contributed by atoms with Crippen LogP contribution in [0.3, 0.4) is 0 Å². The Bertz CT molecular complexity index is 593. The molecule has 3 N–H and O–H groups in total. The minimum Gasteiger partial charge on any atom is -0.394 e. The van der Waals surface area contributed by atoms with Crippen LogP contribution in [0.1, 0.15) is 219 Å². The van der Waals surface area contributed by atoms with Crippen LogP contribution in [-0.2, 0) is 4.79 Å². The van der Waals surface area contributed by atoms with E-state index in [0.29, 0.717) is 12.8 Å². The van der Waals surface area contributed by atoms with Crippen LogP contribution in [0.5, 0.6) is 0 Å². The molecule has 0 rings (SSSR count). The summed E-state index contributed by atoms with van der Waals surface area (Å²) in [6.07, 6.45) is 44.2. The average Bonchev–Trinajstić information content (AvgIpc) is 3.03. The van der Waals surface area contributed by atoms with Crippen molar-refractivity contribution in [2.24, 2.45) is 0 Å². The molecular weight excluding hydrogens is 542 g/mol. The topological polar surface area (TPSA) is 69.6 Å². The van der Waals surface area contributed by atoms with Gasteiger partial charge in [0.2, 0.25) is 5.91 Å². The number of amides is 1. The van der Waals surface area contributed by atoms with Gasteiger partial charge in [-0.1, -0.05) is 187 Å². The van der Waals surface area contributed by atoms with E-state index < -0.39 is 12.1 Å². The third kappa shape index (κ3) is 32.5. The highest BCUT2D eigenvalue weighted by molar-refractivity contribution is 5.76. The van der Waals surface area contributed by atoms with Crippen LogP contribution in [0.15, 0.2) is 12.2 Å². The second-order valence-corrected chi connectivity index (χ2v) is 13.7. The van der Waals surface area contributed by atoms with Crippen molar-refractivity contribution in [3.05, 3.63) is 12.2 Å². The van der Waals surface area contributed by atoms with Crippen LogP contribution < -0.4 is 5.32 Å². The zero-order valence-corrected chi connectivity index (χ0v) is 29.9. The van der Waals surface area contributed by atoms with Crippen LogP contribution in [-0.4, -0.2) is 34.9 Å². The monoisotopic (exact) mass is 622 g/mol. The molecule has 0 saturated heterocycles. The molecule has 4 nitrogen and oxygen atoms in total. The van der Waals surface area contributed by atoms with Gasteiger partial charge in [-0.25, -0.2) is 0 Å². The molecule has 0 heterocycles. The number of carbonyl (C=O) groups excluding carboxylic acids is 1. The third-order valence-electron chi connectivity index (χ3n) is 9.28. The fourth-order valence-corrected chi connectivity index (χ4v) is 6.18. The maximum Gasteiger partial charge on any atom is 0.220 e. The number of hydrogen-bond acceptors (Lipinski definition) is 3. The summed E-state index contributed by atoms with van der Waals surface area (Å²) in [7, 11) is 0. The van der Waals surface area contributed by atoms with Crippen LogP contribution >= 0.6 is 0 Å². The van der Waals surface area contributed by atoms with E-state index in [-0.39, 0.29) is 12.5 Å². The minimum absolute atomic E-state index is 0.0321. The van der Waals surface area contributed by atoms with Gasteiger partial charge in [-0.05, 0) is 38.5 Å². The summed E-state index contributed by atoms with van der Waals surface area (Å²) in [6, 6.07) is -0.531. The van der Waals surface area contributed by atoms with Gasteiger partial charge >= 0.3 is 0 Å². The highest BCUT2D eigenvalue weighted by atomic mass is 16.3. The second kappa shape index (κ2) is 36.6. The number of hydrogen-bond donors (Lipinski definition) is 3. The Morgan fingerprint density at radius 3 is 1.25 bits per heavy atom. The normalized spacial score (nSPS) is 13.1. The first-order chi connectivity index (χ1) is 21.7. The van der Waals surface area contributed by atoms with Gasteiger partial charge in [0.25, 0.3) is 0 Å². The number of carbonyl (C=O) groups is 1. The van der Waals surface area contributed by atoms with E-state index in [9.17, 15) is 15.0 Å². The summed E-state index contributed by atoms with van der Waals surface area (Å²) in [5, 5.41) is 23.0. The lowest BCUT2D eigenvalue weighted by molar-refractivity contribution is -0.123. The maximum atomic E-state index is 12.3. The van der Waals surface area contributed by atoms with Crippen molar-refractivity contribution in [3.63, 3.8) is 0 Å². The molecule has 0 aliphatic rings. The molecule has 0 radical (unpaired) electrons. The number of allylic oxidation sites excluding steroid dienone is 2. The standard InChI is InChI=1S/C40H79NO3/c1-3-5-7-9-11-13-15-16-17-18-19-20-21-22-23-24-26-28-30-32-34-36-40(44)41-38(37-42)39(43)35-33-31-29-27-25-14-12-10-8-6-4-2/h16-17,38-39,42-43H,3-15,18-37H2,1-2H3,(H,41,44)/b17-16+/t38-,39+/m0/s1. The first-order valence-electron chi connectivity index (χ1n) is 19.9. The van der Waals surface area contributed by atoms with Crippen LogP contribution in [0, 0.1) is 0 Å². The average molecular weight is 622 g/mol. The van der Waals surface area contributed by atoms with Crippen molar-refractivity contribution < 1.29 is 15.0 Å². The first-order valence-corrected chi connectivity index (χ1v) is 19.9. The molecule has 0 spiro atoms. The fraction of sp³-hybridized carbons (Fsp3) is 0.925. The first kappa shape index (κ1) is 43.1. The van der Waals surface area contributed by atoms with Crippen LogP contribution in [0.25, 0.3) is 0 Å². The molecule has 4 heteroatoms. The largest absolute Gasteiger partial charge is 0.394 e. The Morgan fingerprint density at radius 1 is 0.523 bits per heavy atom. The van der Waals surface area contributed by atoms with Crippen LogP contribution in [0.2, 0.25) is 0 Å². The van der Waals surface area contributed by atoms with Crippen molar-refractivity contribution in [1.29, 1.82) is 0 Å². The number of unbranched alkanes of at least 4 members (excludes halogenated alkanes) is 27. The van der Waals surface area contributed by atoms with Crippen molar-refractivity contribution in [1.82, 2.24) is 5.32 Å². The number of rotatable bonds is 36. The zero-order valence-electron chi connectivity index (χ0n) is 29.9. The molecule has 1 amide bonds. The van der Waals surface area contributed by atoms with Crippen molar-refractivity contribution in [2.75, 3.05) is 6.61 Å². The molecule has 0 aromatic heterocycles.